The fourth-order valence-corrected chi connectivity index (χ4v) is 2.89. The van der Waals surface area contributed by atoms with E-state index < -0.39 is 10.1 Å². The SMILES string of the molecule is Cc1cc(S(=O)(=O)O)c2ccc(C(C)C)ccc1-2.[NaH]. The standard InChI is InChI=1S/C14H16O3S.Na.H/c1-9(2)11-4-6-12-10(3)8-14(18(15,16)17)13(12)7-5-11;;/h4-9H,1-3H3,(H,15,16,17);;. The Morgan fingerprint density at radius 2 is 1.58 bits per heavy atom. The minimum absolute atomic E-state index is 0. The molecule has 0 aromatic carbocycles. The summed E-state index contributed by atoms with van der Waals surface area (Å²) in [6, 6.07) is 9.08. The van der Waals surface area contributed by atoms with E-state index in [0.29, 0.717) is 11.5 Å². The first-order valence-corrected chi connectivity index (χ1v) is 7.25. The van der Waals surface area contributed by atoms with Crippen LogP contribution in [0.25, 0.3) is 11.1 Å². The molecule has 0 saturated heterocycles. The number of fused-ring (bicyclic) bond motifs is 1. The molecule has 5 heteroatoms. The Bertz CT molecular complexity index is 663. The predicted octanol–water partition coefficient (Wildman–Crippen LogP) is 2.82. The molecular formula is C14H17NaO3S. The van der Waals surface area contributed by atoms with Gasteiger partial charge in [0.15, 0.2) is 0 Å². The van der Waals surface area contributed by atoms with Gasteiger partial charge >= 0.3 is 29.6 Å². The topological polar surface area (TPSA) is 54.4 Å². The molecular weight excluding hydrogens is 271 g/mol. The van der Waals surface area contributed by atoms with Gasteiger partial charge in [-0.3, -0.25) is 4.55 Å². The van der Waals surface area contributed by atoms with E-state index in [1.807, 2.05) is 25.1 Å². The van der Waals surface area contributed by atoms with Gasteiger partial charge in [0.25, 0.3) is 10.1 Å². The predicted molar refractivity (Wildman–Crippen MR) is 78.9 cm³/mol. The zero-order valence-corrected chi connectivity index (χ0v) is 11.5. The van der Waals surface area contributed by atoms with Crippen LogP contribution < -0.4 is 0 Å². The fourth-order valence-electron chi connectivity index (χ4n) is 2.10. The van der Waals surface area contributed by atoms with E-state index in [9.17, 15) is 13.0 Å². The minimum atomic E-state index is -4.17. The summed E-state index contributed by atoms with van der Waals surface area (Å²) in [5.41, 5.74) is 3.41. The molecule has 0 amide bonds. The molecule has 0 unspecified atom stereocenters. The summed E-state index contributed by atoms with van der Waals surface area (Å²) in [4.78, 5) is -0.0130. The van der Waals surface area contributed by atoms with Gasteiger partial charge < -0.3 is 0 Å². The van der Waals surface area contributed by atoms with Crippen molar-refractivity contribution in [2.24, 2.45) is 0 Å². The van der Waals surface area contributed by atoms with Crippen LogP contribution in [0.15, 0.2) is 35.2 Å². The van der Waals surface area contributed by atoms with Crippen molar-refractivity contribution >= 4 is 39.7 Å². The zero-order chi connectivity index (χ0) is 13.5. The monoisotopic (exact) mass is 288 g/mol. The average Bonchev–Trinajstić information content (AvgIpc) is 2.46. The van der Waals surface area contributed by atoms with E-state index in [1.165, 1.54) is 6.07 Å². The Kier molecular flexibility index (Phi) is 5.21. The molecule has 0 saturated carbocycles. The molecule has 2 aliphatic rings. The van der Waals surface area contributed by atoms with Crippen LogP contribution in [-0.4, -0.2) is 42.5 Å². The molecule has 1 N–H and O–H groups in total. The normalized spacial score (nSPS) is 11.6. The first kappa shape index (κ1) is 16.7. The van der Waals surface area contributed by atoms with Crippen LogP contribution in [0.2, 0.25) is 0 Å². The molecule has 0 spiro atoms. The number of aryl methyl sites for hydroxylation is 1. The number of hydrogen-bond acceptors (Lipinski definition) is 2. The maximum absolute atomic E-state index is 11.3. The molecule has 98 valence electrons. The number of hydrogen-bond donors (Lipinski definition) is 1. The van der Waals surface area contributed by atoms with Crippen molar-refractivity contribution in [2.45, 2.75) is 31.6 Å². The summed E-state index contributed by atoms with van der Waals surface area (Å²) >= 11 is 0. The molecule has 0 aromatic heterocycles. The fraction of sp³-hybridized carbons (Fsp3) is 0.286. The molecule has 0 heterocycles. The van der Waals surface area contributed by atoms with Crippen LogP contribution >= 0.6 is 0 Å². The molecule has 2 rings (SSSR count). The summed E-state index contributed by atoms with van der Waals surface area (Å²) in [6.07, 6.45) is 0. The van der Waals surface area contributed by atoms with Gasteiger partial charge in [0.05, 0.1) is 0 Å². The van der Waals surface area contributed by atoms with Crippen LogP contribution in [0.3, 0.4) is 0 Å². The third-order valence-corrected chi connectivity index (χ3v) is 4.05. The van der Waals surface area contributed by atoms with Crippen molar-refractivity contribution < 1.29 is 13.0 Å². The molecule has 2 aliphatic carbocycles. The Morgan fingerprint density at radius 1 is 1.05 bits per heavy atom. The molecule has 19 heavy (non-hydrogen) atoms. The van der Waals surface area contributed by atoms with Crippen LogP contribution in [0.1, 0.15) is 30.9 Å². The summed E-state index contributed by atoms with van der Waals surface area (Å²) in [6.45, 7) is 6.00. The third kappa shape index (κ3) is 3.38. The Balaban J connectivity index is 0.00000180. The van der Waals surface area contributed by atoms with Gasteiger partial charge in [0, 0.05) is 5.56 Å². The Hall–Kier alpha value is -0.390. The van der Waals surface area contributed by atoms with E-state index in [2.05, 4.69) is 13.8 Å². The molecule has 0 aliphatic heterocycles. The summed E-state index contributed by atoms with van der Waals surface area (Å²) < 4.78 is 31.9. The molecule has 3 nitrogen and oxygen atoms in total. The summed E-state index contributed by atoms with van der Waals surface area (Å²) in [5.74, 6) is 0.371. The van der Waals surface area contributed by atoms with Gasteiger partial charge in [-0.05, 0) is 35.6 Å². The molecule has 0 atom stereocenters. The van der Waals surface area contributed by atoms with Crippen LogP contribution in [-0.2, 0) is 10.1 Å². The average molecular weight is 288 g/mol. The van der Waals surface area contributed by atoms with Crippen LogP contribution in [0.5, 0.6) is 0 Å². The van der Waals surface area contributed by atoms with Crippen LogP contribution in [0, 0.1) is 6.92 Å². The van der Waals surface area contributed by atoms with Gasteiger partial charge in [-0.25, -0.2) is 0 Å². The Morgan fingerprint density at radius 3 is 2.05 bits per heavy atom. The van der Waals surface area contributed by atoms with Crippen molar-refractivity contribution in [1.82, 2.24) is 0 Å². The summed E-state index contributed by atoms with van der Waals surface area (Å²) in [5, 5.41) is 0. The summed E-state index contributed by atoms with van der Waals surface area (Å²) in [7, 11) is -4.17. The first-order chi connectivity index (χ1) is 8.30. The van der Waals surface area contributed by atoms with E-state index in [4.69, 9.17) is 0 Å². The van der Waals surface area contributed by atoms with Gasteiger partial charge in [-0.1, -0.05) is 38.1 Å². The van der Waals surface area contributed by atoms with Gasteiger partial charge in [-0.15, -0.1) is 0 Å². The van der Waals surface area contributed by atoms with Crippen LogP contribution in [0.4, 0.5) is 0 Å². The first-order valence-electron chi connectivity index (χ1n) is 5.81. The maximum atomic E-state index is 11.3. The molecule has 0 aromatic rings. The van der Waals surface area contributed by atoms with Crippen molar-refractivity contribution in [1.29, 1.82) is 0 Å². The molecule has 0 radical (unpaired) electrons. The zero-order valence-electron chi connectivity index (χ0n) is 10.6. The van der Waals surface area contributed by atoms with Gasteiger partial charge in [0.1, 0.15) is 4.90 Å². The van der Waals surface area contributed by atoms with E-state index >= 15 is 0 Å². The van der Waals surface area contributed by atoms with Crippen molar-refractivity contribution in [3.05, 3.63) is 41.5 Å². The van der Waals surface area contributed by atoms with E-state index in [1.54, 1.807) is 6.07 Å². The molecule has 0 bridgehead atoms. The van der Waals surface area contributed by atoms with Crippen molar-refractivity contribution in [2.75, 3.05) is 0 Å². The van der Waals surface area contributed by atoms with E-state index in [0.717, 1.165) is 16.7 Å². The van der Waals surface area contributed by atoms with Crippen molar-refractivity contribution in [3.8, 4) is 11.1 Å². The number of rotatable bonds is 2. The van der Waals surface area contributed by atoms with Crippen molar-refractivity contribution in [3.63, 3.8) is 0 Å². The molecule has 0 fully saturated rings. The van der Waals surface area contributed by atoms with E-state index in [-0.39, 0.29) is 34.5 Å². The second-order valence-corrected chi connectivity index (χ2v) is 6.21. The second kappa shape index (κ2) is 5.94. The second-order valence-electron chi connectivity index (χ2n) is 4.82. The Labute approximate surface area is 136 Å². The third-order valence-electron chi connectivity index (χ3n) is 3.16. The van der Waals surface area contributed by atoms with Gasteiger partial charge in [0.2, 0.25) is 0 Å². The quantitative estimate of drug-likeness (QED) is 0.683. The van der Waals surface area contributed by atoms with Gasteiger partial charge in [-0.2, -0.15) is 8.42 Å².